The molecule has 18 heavy (non-hydrogen) atoms. The summed E-state index contributed by atoms with van der Waals surface area (Å²) in [4.78, 5) is 28.6. The summed E-state index contributed by atoms with van der Waals surface area (Å²) in [5.74, 6) is -0.459. The molecule has 1 aliphatic heterocycles. The second kappa shape index (κ2) is 6.14. The summed E-state index contributed by atoms with van der Waals surface area (Å²) in [6, 6.07) is 7.24. The first-order valence-corrected chi connectivity index (χ1v) is 6.72. The van der Waals surface area contributed by atoms with E-state index in [2.05, 4.69) is 27.9 Å². The summed E-state index contributed by atoms with van der Waals surface area (Å²) in [6.45, 7) is 1.12. The fraction of sp³-hybridized carbons (Fsp3) is 0.333. The Morgan fingerprint density at radius 3 is 2.83 bits per heavy atom. The van der Waals surface area contributed by atoms with E-state index >= 15 is 0 Å². The van der Waals surface area contributed by atoms with E-state index in [1.165, 1.54) is 5.06 Å². The van der Waals surface area contributed by atoms with Crippen LogP contribution in [-0.4, -0.2) is 36.6 Å². The molecule has 0 bridgehead atoms. The van der Waals surface area contributed by atoms with Gasteiger partial charge < -0.3 is 5.32 Å². The summed E-state index contributed by atoms with van der Waals surface area (Å²) in [6.07, 6.45) is 0.844. The molecule has 1 fully saturated rings. The fourth-order valence-corrected chi connectivity index (χ4v) is 2.26. The first-order valence-electron chi connectivity index (χ1n) is 5.64. The second-order valence-electron chi connectivity index (χ2n) is 3.85. The number of benzene rings is 1. The number of nitrogens with one attached hydrogen (secondary N) is 1. The Labute approximate surface area is 119 Å². The van der Waals surface area contributed by atoms with Gasteiger partial charge in [-0.05, 0) is 41.1 Å². The summed E-state index contributed by atoms with van der Waals surface area (Å²) < 4.78 is 0.859. The smallest absolute Gasteiger partial charge is 0.265 e. The first-order chi connectivity index (χ1) is 8.68. The highest BCUT2D eigenvalue weighted by Gasteiger charge is 2.20. The maximum Gasteiger partial charge on any atom is 0.265 e. The lowest BCUT2D eigenvalue weighted by Crippen LogP contribution is -2.38. The van der Waals surface area contributed by atoms with Crippen molar-refractivity contribution in [2.75, 3.05) is 19.7 Å². The third-order valence-corrected chi connectivity index (χ3v) is 3.49. The molecule has 1 aromatic carbocycles. The lowest BCUT2D eigenvalue weighted by Gasteiger charge is -2.14. The molecule has 1 aliphatic rings. The maximum atomic E-state index is 11.9. The highest BCUT2D eigenvalue weighted by Crippen LogP contribution is 2.11. The van der Waals surface area contributed by atoms with Crippen LogP contribution >= 0.6 is 22.6 Å². The Hall–Kier alpha value is -1.15. The first kappa shape index (κ1) is 13.3. The van der Waals surface area contributed by atoms with Crippen molar-refractivity contribution < 1.29 is 14.4 Å². The van der Waals surface area contributed by atoms with Crippen LogP contribution in [0, 0.1) is 3.57 Å². The van der Waals surface area contributed by atoms with Crippen LogP contribution in [-0.2, 0) is 9.63 Å². The van der Waals surface area contributed by atoms with Crippen LogP contribution < -0.4 is 5.32 Å². The van der Waals surface area contributed by atoms with Crippen LogP contribution in [0.5, 0.6) is 0 Å². The number of carbonyl (C=O) groups excluding carboxylic acids is 2. The minimum absolute atomic E-state index is 0.0379. The van der Waals surface area contributed by atoms with E-state index < -0.39 is 0 Å². The second-order valence-corrected chi connectivity index (χ2v) is 5.01. The van der Waals surface area contributed by atoms with Crippen LogP contribution in [0.3, 0.4) is 0 Å². The molecule has 0 radical (unpaired) electrons. The van der Waals surface area contributed by atoms with Crippen molar-refractivity contribution in [1.29, 1.82) is 0 Å². The fourth-order valence-electron chi connectivity index (χ4n) is 1.63. The third-order valence-electron chi connectivity index (χ3n) is 2.55. The monoisotopic (exact) mass is 360 g/mol. The molecule has 0 unspecified atom stereocenters. The standard InChI is InChI=1S/C12H13IN2O3/c13-10-5-2-1-4-9(10)12(17)14-8-11(16)15-6-3-7-18-15/h1-2,4-5H,3,6-8H2,(H,14,17). The van der Waals surface area contributed by atoms with Crippen LogP contribution in [0.2, 0.25) is 0 Å². The van der Waals surface area contributed by atoms with Gasteiger partial charge in [0.2, 0.25) is 0 Å². The Balaban J connectivity index is 1.88. The van der Waals surface area contributed by atoms with E-state index in [1.54, 1.807) is 12.1 Å². The summed E-state index contributed by atoms with van der Waals surface area (Å²) >= 11 is 2.09. The SMILES string of the molecule is O=C(NCC(=O)N1CCCO1)c1ccccc1I. The van der Waals surface area contributed by atoms with E-state index in [4.69, 9.17) is 4.84 Å². The summed E-state index contributed by atoms with van der Waals surface area (Å²) in [5.41, 5.74) is 0.577. The van der Waals surface area contributed by atoms with Gasteiger partial charge in [-0.3, -0.25) is 14.4 Å². The van der Waals surface area contributed by atoms with Crippen molar-refractivity contribution in [3.8, 4) is 0 Å². The molecule has 0 aliphatic carbocycles. The summed E-state index contributed by atoms with van der Waals surface area (Å²) in [5, 5.41) is 3.90. The Bertz CT molecular complexity index is 458. The van der Waals surface area contributed by atoms with Crippen LogP contribution in [0.4, 0.5) is 0 Å². The van der Waals surface area contributed by atoms with Gasteiger partial charge in [-0.1, -0.05) is 12.1 Å². The van der Waals surface area contributed by atoms with Crippen molar-refractivity contribution in [2.45, 2.75) is 6.42 Å². The Morgan fingerprint density at radius 2 is 2.17 bits per heavy atom. The third kappa shape index (κ3) is 3.20. The molecule has 2 amide bonds. The van der Waals surface area contributed by atoms with E-state index in [9.17, 15) is 9.59 Å². The molecule has 2 rings (SSSR count). The lowest BCUT2D eigenvalue weighted by atomic mass is 10.2. The molecule has 1 heterocycles. The number of hydrogen-bond donors (Lipinski definition) is 1. The molecule has 0 spiro atoms. The van der Waals surface area contributed by atoms with E-state index in [-0.39, 0.29) is 18.4 Å². The molecule has 6 heteroatoms. The largest absolute Gasteiger partial charge is 0.343 e. The van der Waals surface area contributed by atoms with Crippen molar-refractivity contribution in [2.24, 2.45) is 0 Å². The number of carbonyl (C=O) groups is 2. The number of halogens is 1. The summed E-state index contributed by atoms with van der Waals surface area (Å²) in [7, 11) is 0. The molecule has 5 nitrogen and oxygen atoms in total. The number of hydrogen-bond acceptors (Lipinski definition) is 3. The minimum atomic E-state index is -0.243. The average molecular weight is 360 g/mol. The predicted octanol–water partition coefficient (Wildman–Crippen LogP) is 1.18. The molecule has 1 aromatic rings. The van der Waals surface area contributed by atoms with Gasteiger partial charge in [0.15, 0.2) is 0 Å². The van der Waals surface area contributed by atoms with E-state index in [1.807, 2.05) is 12.1 Å². The molecular formula is C12H13IN2O3. The number of rotatable bonds is 3. The van der Waals surface area contributed by atoms with Gasteiger partial charge in [-0.25, -0.2) is 5.06 Å². The van der Waals surface area contributed by atoms with Crippen LogP contribution in [0.15, 0.2) is 24.3 Å². The topological polar surface area (TPSA) is 58.6 Å². The van der Waals surface area contributed by atoms with Crippen LogP contribution in [0.1, 0.15) is 16.8 Å². The van der Waals surface area contributed by atoms with Gasteiger partial charge in [-0.15, -0.1) is 0 Å². The van der Waals surface area contributed by atoms with Gasteiger partial charge in [0.05, 0.1) is 25.3 Å². The molecule has 1 N–H and O–H groups in total. The van der Waals surface area contributed by atoms with Gasteiger partial charge in [0.1, 0.15) is 0 Å². The van der Waals surface area contributed by atoms with E-state index in [0.717, 1.165) is 9.99 Å². The molecular weight excluding hydrogens is 347 g/mol. The quantitative estimate of drug-likeness (QED) is 0.824. The minimum Gasteiger partial charge on any atom is -0.343 e. The van der Waals surface area contributed by atoms with Gasteiger partial charge in [0, 0.05) is 3.57 Å². The van der Waals surface area contributed by atoms with E-state index in [0.29, 0.717) is 18.7 Å². The van der Waals surface area contributed by atoms with Crippen molar-refractivity contribution in [1.82, 2.24) is 10.4 Å². The zero-order chi connectivity index (χ0) is 13.0. The van der Waals surface area contributed by atoms with Crippen molar-refractivity contribution in [3.05, 3.63) is 33.4 Å². The number of hydroxylamine groups is 2. The number of nitrogens with zero attached hydrogens (tertiary/aromatic N) is 1. The highest BCUT2D eigenvalue weighted by atomic mass is 127. The molecule has 96 valence electrons. The zero-order valence-corrected chi connectivity index (χ0v) is 11.8. The molecule has 1 saturated heterocycles. The molecule has 0 atom stereocenters. The Morgan fingerprint density at radius 1 is 1.39 bits per heavy atom. The van der Waals surface area contributed by atoms with Gasteiger partial charge in [-0.2, -0.15) is 0 Å². The Kier molecular flexibility index (Phi) is 4.54. The predicted molar refractivity (Wildman–Crippen MR) is 73.8 cm³/mol. The maximum absolute atomic E-state index is 11.9. The van der Waals surface area contributed by atoms with Gasteiger partial charge in [0.25, 0.3) is 11.8 Å². The van der Waals surface area contributed by atoms with Gasteiger partial charge >= 0.3 is 0 Å². The average Bonchev–Trinajstić information content (AvgIpc) is 2.90. The van der Waals surface area contributed by atoms with Crippen molar-refractivity contribution in [3.63, 3.8) is 0 Å². The number of amides is 2. The molecule has 0 aromatic heterocycles. The lowest BCUT2D eigenvalue weighted by molar-refractivity contribution is -0.167. The highest BCUT2D eigenvalue weighted by molar-refractivity contribution is 14.1. The zero-order valence-electron chi connectivity index (χ0n) is 9.69. The normalized spacial score (nSPS) is 14.6. The van der Waals surface area contributed by atoms with Crippen molar-refractivity contribution >= 4 is 34.4 Å². The molecule has 0 saturated carbocycles. The van der Waals surface area contributed by atoms with Crippen LogP contribution in [0.25, 0.3) is 0 Å².